The van der Waals surface area contributed by atoms with Gasteiger partial charge in [0.05, 0.1) is 23.4 Å². The molecule has 1 fully saturated rings. The molecule has 0 radical (unpaired) electrons. The fourth-order valence-electron chi connectivity index (χ4n) is 3.37. The minimum atomic E-state index is 0.645. The number of aryl methyl sites for hydroxylation is 1. The molecule has 3 aromatic rings. The molecule has 1 N–H and O–H groups in total. The number of ether oxygens (including phenoxy) is 1. The summed E-state index contributed by atoms with van der Waals surface area (Å²) in [6, 6.07) is 16.7. The Bertz CT molecular complexity index is 997. The zero-order chi connectivity index (χ0) is 18.8. The lowest BCUT2D eigenvalue weighted by Gasteiger charge is -2.10. The minimum Gasteiger partial charge on any atom is -0.494 e. The zero-order valence-electron chi connectivity index (χ0n) is 15.7. The number of nitriles is 1. The van der Waals surface area contributed by atoms with E-state index in [1.54, 1.807) is 11.9 Å². The molecule has 0 spiro atoms. The lowest BCUT2D eigenvalue weighted by atomic mass is 10.1. The first-order valence-electron chi connectivity index (χ1n) is 9.46. The molecule has 1 aliphatic rings. The van der Waals surface area contributed by atoms with Crippen LogP contribution >= 0.6 is 11.9 Å². The molecule has 1 saturated carbocycles. The molecule has 4 rings (SSSR count). The predicted octanol–water partition coefficient (Wildman–Crippen LogP) is 5.82. The van der Waals surface area contributed by atoms with E-state index in [-0.39, 0.29) is 0 Å². The monoisotopic (exact) mass is 377 g/mol. The van der Waals surface area contributed by atoms with E-state index in [2.05, 4.69) is 40.5 Å². The van der Waals surface area contributed by atoms with Crippen molar-refractivity contribution in [1.82, 2.24) is 4.57 Å². The highest BCUT2D eigenvalue weighted by Gasteiger charge is 2.22. The minimum absolute atomic E-state index is 0.645. The van der Waals surface area contributed by atoms with Crippen LogP contribution in [0.3, 0.4) is 0 Å². The van der Waals surface area contributed by atoms with E-state index < -0.39 is 0 Å². The van der Waals surface area contributed by atoms with Crippen LogP contribution < -0.4 is 9.46 Å². The van der Waals surface area contributed by atoms with Gasteiger partial charge in [-0.3, -0.25) is 0 Å². The molecule has 0 amide bonds. The summed E-state index contributed by atoms with van der Waals surface area (Å²) in [7, 11) is 0. The summed E-state index contributed by atoms with van der Waals surface area (Å²) >= 11 is 1.80. The van der Waals surface area contributed by atoms with Crippen LogP contribution in [0.4, 0.5) is 5.69 Å². The van der Waals surface area contributed by atoms with Crippen LogP contribution in [-0.2, 0) is 6.54 Å². The number of hydrogen-bond donors (Lipinski definition) is 1. The molecule has 1 aliphatic carbocycles. The van der Waals surface area contributed by atoms with Crippen LogP contribution in [0.1, 0.15) is 32.3 Å². The summed E-state index contributed by atoms with van der Waals surface area (Å²) in [5.41, 5.74) is 4.94. The van der Waals surface area contributed by atoms with Crippen molar-refractivity contribution in [2.45, 2.75) is 38.5 Å². The smallest absolute Gasteiger partial charge is 0.119 e. The second-order valence-electron chi connectivity index (χ2n) is 6.69. The quantitative estimate of drug-likeness (QED) is 0.527. The standard InChI is InChI=1S/C22H23N3OS/c1-3-25-21-13-16(24-27-18-10-11-18)7-12-19(21)20(14-23)22(25)15-5-8-17(9-6-15)26-4-2/h5-9,12-13,18,24H,3-4,10-11H2,1-2H3. The highest BCUT2D eigenvalue weighted by atomic mass is 32.2. The maximum atomic E-state index is 9.87. The van der Waals surface area contributed by atoms with Crippen molar-refractivity contribution in [1.29, 1.82) is 5.26 Å². The van der Waals surface area contributed by atoms with Crippen molar-refractivity contribution >= 4 is 28.5 Å². The van der Waals surface area contributed by atoms with Gasteiger partial charge in [-0.1, -0.05) is 0 Å². The molecule has 0 saturated heterocycles. The Morgan fingerprint density at radius 2 is 1.96 bits per heavy atom. The molecule has 0 unspecified atom stereocenters. The first-order valence-corrected chi connectivity index (χ1v) is 10.3. The Balaban J connectivity index is 1.79. The summed E-state index contributed by atoms with van der Waals surface area (Å²) in [6.07, 6.45) is 2.59. The second-order valence-corrected chi connectivity index (χ2v) is 7.79. The molecule has 1 heterocycles. The van der Waals surface area contributed by atoms with Crippen molar-refractivity contribution in [2.24, 2.45) is 0 Å². The number of aromatic nitrogens is 1. The maximum absolute atomic E-state index is 9.87. The van der Waals surface area contributed by atoms with Gasteiger partial charge in [-0.2, -0.15) is 5.26 Å². The number of nitrogens with one attached hydrogen (secondary N) is 1. The molecule has 27 heavy (non-hydrogen) atoms. The van der Waals surface area contributed by atoms with Crippen molar-refractivity contribution < 1.29 is 4.74 Å². The van der Waals surface area contributed by atoms with Gasteiger partial charge < -0.3 is 14.0 Å². The van der Waals surface area contributed by atoms with Gasteiger partial charge in [0.1, 0.15) is 11.8 Å². The Hall–Kier alpha value is -2.58. The third kappa shape index (κ3) is 3.50. The number of rotatable bonds is 7. The summed E-state index contributed by atoms with van der Waals surface area (Å²) in [4.78, 5) is 0. The molecule has 2 aromatic carbocycles. The van der Waals surface area contributed by atoms with Gasteiger partial charge in [0.15, 0.2) is 0 Å². The summed E-state index contributed by atoms with van der Waals surface area (Å²) in [5.74, 6) is 0.850. The summed E-state index contributed by atoms with van der Waals surface area (Å²) < 4.78 is 11.2. The number of anilines is 1. The van der Waals surface area contributed by atoms with Gasteiger partial charge in [0.2, 0.25) is 0 Å². The topological polar surface area (TPSA) is 50.0 Å². The van der Waals surface area contributed by atoms with Crippen LogP contribution in [0.15, 0.2) is 42.5 Å². The van der Waals surface area contributed by atoms with Crippen LogP contribution in [0, 0.1) is 11.3 Å². The molecule has 1 aromatic heterocycles. The largest absolute Gasteiger partial charge is 0.494 e. The molecule has 138 valence electrons. The lowest BCUT2D eigenvalue weighted by Crippen LogP contribution is -1.98. The molecular formula is C22H23N3OS. The van der Waals surface area contributed by atoms with Gasteiger partial charge in [-0.05, 0) is 86.7 Å². The van der Waals surface area contributed by atoms with E-state index in [0.717, 1.165) is 51.0 Å². The average Bonchev–Trinajstić information content (AvgIpc) is 3.47. The Morgan fingerprint density at radius 1 is 1.19 bits per heavy atom. The number of hydrogen-bond acceptors (Lipinski definition) is 4. The van der Waals surface area contributed by atoms with Crippen molar-refractivity contribution in [3.63, 3.8) is 0 Å². The van der Waals surface area contributed by atoms with E-state index in [0.29, 0.717) is 6.61 Å². The van der Waals surface area contributed by atoms with E-state index in [1.807, 2.05) is 31.2 Å². The van der Waals surface area contributed by atoms with Crippen molar-refractivity contribution in [2.75, 3.05) is 11.3 Å². The van der Waals surface area contributed by atoms with Crippen molar-refractivity contribution in [3.8, 4) is 23.1 Å². The molecule has 0 atom stereocenters. The Labute approximate surface area is 164 Å². The van der Waals surface area contributed by atoms with Crippen LogP contribution in [0.25, 0.3) is 22.2 Å². The van der Waals surface area contributed by atoms with Gasteiger partial charge in [0, 0.05) is 22.9 Å². The van der Waals surface area contributed by atoms with E-state index >= 15 is 0 Å². The van der Waals surface area contributed by atoms with Crippen molar-refractivity contribution in [3.05, 3.63) is 48.0 Å². The number of nitrogens with zero attached hydrogens (tertiary/aromatic N) is 2. The van der Waals surface area contributed by atoms with Crippen LogP contribution in [0.5, 0.6) is 5.75 Å². The fraction of sp³-hybridized carbons (Fsp3) is 0.318. The molecule has 0 bridgehead atoms. The molecule has 0 aliphatic heterocycles. The normalized spacial score (nSPS) is 13.5. The highest BCUT2D eigenvalue weighted by molar-refractivity contribution is 8.01. The first kappa shape index (κ1) is 17.8. The summed E-state index contributed by atoms with van der Waals surface area (Å²) in [5, 5.41) is 11.6. The summed E-state index contributed by atoms with van der Waals surface area (Å²) in [6.45, 7) is 5.55. The second kappa shape index (κ2) is 7.58. The SMILES string of the molecule is CCOc1ccc(-c2c(C#N)c3ccc(NSC4CC4)cc3n2CC)cc1. The Morgan fingerprint density at radius 3 is 2.59 bits per heavy atom. The van der Waals surface area contributed by atoms with Gasteiger partial charge in [0.25, 0.3) is 0 Å². The molecule has 4 nitrogen and oxygen atoms in total. The number of fused-ring (bicyclic) bond motifs is 1. The predicted molar refractivity (Wildman–Crippen MR) is 113 cm³/mol. The van der Waals surface area contributed by atoms with Gasteiger partial charge in [-0.15, -0.1) is 0 Å². The Kier molecular flexibility index (Phi) is 5.00. The van der Waals surface area contributed by atoms with E-state index in [4.69, 9.17) is 4.74 Å². The highest BCUT2D eigenvalue weighted by Crippen LogP contribution is 2.38. The first-order chi connectivity index (χ1) is 13.2. The third-order valence-electron chi connectivity index (χ3n) is 4.80. The maximum Gasteiger partial charge on any atom is 0.119 e. The molecular weight excluding hydrogens is 354 g/mol. The lowest BCUT2D eigenvalue weighted by molar-refractivity contribution is 0.340. The van der Waals surface area contributed by atoms with Crippen LogP contribution in [0.2, 0.25) is 0 Å². The van der Waals surface area contributed by atoms with E-state index in [9.17, 15) is 5.26 Å². The zero-order valence-corrected chi connectivity index (χ0v) is 16.5. The van der Waals surface area contributed by atoms with Gasteiger partial charge >= 0.3 is 0 Å². The van der Waals surface area contributed by atoms with Gasteiger partial charge in [-0.25, -0.2) is 0 Å². The molecule has 5 heteroatoms. The van der Waals surface area contributed by atoms with E-state index in [1.165, 1.54) is 12.8 Å². The van der Waals surface area contributed by atoms with Crippen LogP contribution in [-0.4, -0.2) is 16.4 Å². The average molecular weight is 378 g/mol. The number of benzene rings is 2. The fourth-order valence-corrected chi connectivity index (χ4v) is 4.17. The third-order valence-corrected chi connectivity index (χ3v) is 5.96.